The van der Waals surface area contributed by atoms with Gasteiger partial charge in [0.05, 0.1) is 7.11 Å². The molecule has 1 heterocycles. The summed E-state index contributed by atoms with van der Waals surface area (Å²) in [6.07, 6.45) is 0.224. The van der Waals surface area contributed by atoms with Gasteiger partial charge in [-0.2, -0.15) is 0 Å². The van der Waals surface area contributed by atoms with Crippen molar-refractivity contribution in [3.8, 4) is 5.88 Å². The molecule has 0 unspecified atom stereocenters. The largest absolute Gasteiger partial charge is 0.481 e. The summed E-state index contributed by atoms with van der Waals surface area (Å²) in [4.78, 5) is 24.6. The van der Waals surface area contributed by atoms with Gasteiger partial charge in [0.15, 0.2) is 6.29 Å². The number of aromatic nitrogens is 1. The second kappa shape index (κ2) is 3.61. The molecule has 0 aliphatic heterocycles. The van der Waals surface area contributed by atoms with Gasteiger partial charge in [0, 0.05) is 6.07 Å². The van der Waals surface area contributed by atoms with Gasteiger partial charge in [-0.05, 0) is 6.07 Å². The van der Waals surface area contributed by atoms with Crippen molar-refractivity contribution in [2.24, 2.45) is 0 Å². The Labute approximate surface area is 69.2 Å². The van der Waals surface area contributed by atoms with Crippen molar-refractivity contribution in [3.63, 3.8) is 0 Å². The van der Waals surface area contributed by atoms with E-state index >= 15 is 0 Å². The summed E-state index contributed by atoms with van der Waals surface area (Å²) in [5.74, 6) is -0.323. The van der Waals surface area contributed by atoms with E-state index in [1.807, 2.05) is 0 Å². The third kappa shape index (κ3) is 1.66. The molecule has 0 bridgehead atoms. The van der Waals surface area contributed by atoms with E-state index in [4.69, 9.17) is 4.74 Å². The van der Waals surface area contributed by atoms with Crippen molar-refractivity contribution >= 4 is 12.1 Å². The maximum absolute atomic E-state index is 10.8. The van der Waals surface area contributed by atoms with Crippen LogP contribution >= 0.6 is 0 Å². The molecule has 0 fully saturated rings. The smallest absolute Gasteiger partial charge is 0.243 e. The van der Waals surface area contributed by atoms with Gasteiger partial charge in [0.2, 0.25) is 11.7 Å². The second-order valence-electron chi connectivity index (χ2n) is 2.05. The molecule has 0 atom stereocenters. The van der Waals surface area contributed by atoms with E-state index in [0.717, 1.165) is 0 Å². The number of rotatable bonds is 3. The Kier molecular flexibility index (Phi) is 2.53. The van der Waals surface area contributed by atoms with Gasteiger partial charge in [-0.25, -0.2) is 4.98 Å². The lowest BCUT2D eigenvalue weighted by Crippen LogP contribution is -2.03. The number of methoxy groups -OCH3 is 1. The van der Waals surface area contributed by atoms with Crippen LogP contribution in [-0.2, 0) is 4.79 Å². The molecule has 1 rings (SSSR count). The van der Waals surface area contributed by atoms with Crippen LogP contribution in [0.4, 0.5) is 0 Å². The number of pyridine rings is 1. The average molecular weight is 165 g/mol. The van der Waals surface area contributed by atoms with Crippen molar-refractivity contribution in [2.45, 2.75) is 0 Å². The van der Waals surface area contributed by atoms with Gasteiger partial charge < -0.3 is 4.74 Å². The Morgan fingerprint density at radius 3 is 2.92 bits per heavy atom. The molecule has 0 saturated carbocycles. The SMILES string of the molecule is COc1cccc(C(=O)C=O)n1. The number of ketones is 1. The fourth-order valence-corrected chi connectivity index (χ4v) is 0.726. The molecule has 0 aromatic carbocycles. The molecular weight excluding hydrogens is 158 g/mol. The van der Waals surface area contributed by atoms with Crippen LogP contribution in [-0.4, -0.2) is 24.2 Å². The standard InChI is InChI=1S/C8H7NO3/c1-12-8-4-2-3-6(9-8)7(11)5-10/h2-5H,1H3. The highest BCUT2D eigenvalue weighted by atomic mass is 16.5. The summed E-state index contributed by atoms with van der Waals surface area (Å²) in [7, 11) is 1.44. The first-order chi connectivity index (χ1) is 5.77. The van der Waals surface area contributed by atoms with E-state index in [1.54, 1.807) is 12.1 Å². The van der Waals surface area contributed by atoms with Crippen molar-refractivity contribution in [1.82, 2.24) is 4.98 Å². The van der Waals surface area contributed by atoms with Crippen molar-refractivity contribution in [3.05, 3.63) is 23.9 Å². The minimum absolute atomic E-state index is 0.101. The number of Topliss-reactive ketones (excluding diaryl/α,β-unsaturated/α-hetero) is 1. The molecule has 0 amide bonds. The molecule has 0 radical (unpaired) electrons. The molecule has 1 aromatic rings. The monoisotopic (exact) mass is 165 g/mol. The molecule has 1 aromatic heterocycles. The summed E-state index contributed by atoms with van der Waals surface area (Å²) in [5, 5.41) is 0. The predicted octanol–water partition coefficient (Wildman–Crippen LogP) is 0.472. The van der Waals surface area contributed by atoms with Crippen LogP contribution in [0.15, 0.2) is 18.2 Å². The zero-order valence-corrected chi connectivity index (χ0v) is 6.48. The van der Waals surface area contributed by atoms with Crippen LogP contribution < -0.4 is 4.74 Å². The van der Waals surface area contributed by atoms with Gasteiger partial charge in [-0.3, -0.25) is 9.59 Å². The lowest BCUT2D eigenvalue weighted by atomic mass is 10.3. The van der Waals surface area contributed by atoms with E-state index in [9.17, 15) is 9.59 Å². The van der Waals surface area contributed by atoms with Crippen molar-refractivity contribution in [1.29, 1.82) is 0 Å². The topological polar surface area (TPSA) is 56.3 Å². The molecule has 4 nitrogen and oxygen atoms in total. The van der Waals surface area contributed by atoms with E-state index in [-0.39, 0.29) is 12.0 Å². The fourth-order valence-electron chi connectivity index (χ4n) is 0.726. The van der Waals surface area contributed by atoms with Crippen molar-refractivity contribution in [2.75, 3.05) is 7.11 Å². The minimum atomic E-state index is -0.645. The molecule has 0 spiro atoms. The van der Waals surface area contributed by atoms with E-state index in [1.165, 1.54) is 13.2 Å². The van der Waals surface area contributed by atoms with Crippen LogP contribution in [0.25, 0.3) is 0 Å². The number of hydrogen-bond acceptors (Lipinski definition) is 4. The Hall–Kier alpha value is -1.71. The summed E-state index contributed by atoms with van der Waals surface area (Å²) in [6, 6.07) is 4.66. The first kappa shape index (κ1) is 8.39. The summed E-state index contributed by atoms with van der Waals surface area (Å²) < 4.78 is 4.77. The van der Waals surface area contributed by atoms with Gasteiger partial charge in [-0.1, -0.05) is 6.07 Å². The van der Waals surface area contributed by atoms with Gasteiger partial charge in [-0.15, -0.1) is 0 Å². The summed E-state index contributed by atoms with van der Waals surface area (Å²) in [5.41, 5.74) is 0.101. The number of carbonyl (C=O) groups is 2. The average Bonchev–Trinajstić information content (AvgIpc) is 2.17. The maximum Gasteiger partial charge on any atom is 0.243 e. The third-order valence-corrected chi connectivity index (χ3v) is 1.29. The normalized spacial score (nSPS) is 9.08. The Morgan fingerprint density at radius 2 is 2.33 bits per heavy atom. The minimum Gasteiger partial charge on any atom is -0.481 e. The lowest BCUT2D eigenvalue weighted by Gasteiger charge is -1.98. The molecule has 12 heavy (non-hydrogen) atoms. The van der Waals surface area contributed by atoms with Crippen LogP contribution in [0.1, 0.15) is 10.5 Å². The zero-order chi connectivity index (χ0) is 8.97. The Balaban J connectivity index is 3.01. The molecular formula is C8H7NO3. The van der Waals surface area contributed by atoms with Crippen molar-refractivity contribution < 1.29 is 14.3 Å². The highest BCUT2D eigenvalue weighted by Gasteiger charge is 2.05. The first-order valence-electron chi connectivity index (χ1n) is 3.28. The van der Waals surface area contributed by atoms with E-state index < -0.39 is 5.78 Å². The number of nitrogens with zero attached hydrogens (tertiary/aromatic N) is 1. The Morgan fingerprint density at radius 1 is 1.58 bits per heavy atom. The summed E-state index contributed by atoms with van der Waals surface area (Å²) >= 11 is 0. The maximum atomic E-state index is 10.8. The molecule has 0 N–H and O–H groups in total. The molecule has 62 valence electrons. The van der Waals surface area contributed by atoms with Crippen LogP contribution in [0, 0.1) is 0 Å². The highest BCUT2D eigenvalue weighted by molar-refractivity contribution is 6.32. The van der Waals surface area contributed by atoms with Gasteiger partial charge in [0.25, 0.3) is 0 Å². The predicted molar refractivity (Wildman–Crippen MR) is 41.2 cm³/mol. The number of aldehydes is 1. The lowest BCUT2D eigenvalue weighted by molar-refractivity contribution is -0.104. The quantitative estimate of drug-likeness (QED) is 0.371. The van der Waals surface area contributed by atoms with Crippen LogP contribution in [0.3, 0.4) is 0 Å². The van der Waals surface area contributed by atoms with Crippen LogP contribution in [0.5, 0.6) is 5.88 Å². The van der Waals surface area contributed by atoms with Gasteiger partial charge in [0.1, 0.15) is 5.69 Å². The number of carbonyl (C=O) groups excluding carboxylic acids is 2. The number of ether oxygens (including phenoxy) is 1. The molecule has 4 heteroatoms. The zero-order valence-electron chi connectivity index (χ0n) is 6.48. The van der Waals surface area contributed by atoms with Gasteiger partial charge >= 0.3 is 0 Å². The van der Waals surface area contributed by atoms with E-state index in [2.05, 4.69) is 4.98 Å². The second-order valence-corrected chi connectivity index (χ2v) is 2.05. The molecule has 0 saturated heterocycles. The number of hydrogen-bond donors (Lipinski definition) is 0. The highest BCUT2D eigenvalue weighted by Crippen LogP contribution is 2.05. The Bertz CT molecular complexity index is 309. The van der Waals surface area contributed by atoms with E-state index in [0.29, 0.717) is 5.88 Å². The van der Waals surface area contributed by atoms with Crippen LogP contribution in [0.2, 0.25) is 0 Å². The fraction of sp³-hybridized carbons (Fsp3) is 0.125. The third-order valence-electron chi connectivity index (χ3n) is 1.29. The summed E-state index contributed by atoms with van der Waals surface area (Å²) in [6.45, 7) is 0. The molecule has 0 aliphatic rings. The first-order valence-corrected chi connectivity index (χ1v) is 3.28. The molecule has 0 aliphatic carbocycles.